The molecule has 166 valence electrons. The van der Waals surface area contributed by atoms with Crippen molar-refractivity contribution in [2.45, 2.75) is 32.8 Å². The molecule has 32 heavy (non-hydrogen) atoms. The molecule has 4 rings (SSSR count). The van der Waals surface area contributed by atoms with E-state index in [-0.39, 0.29) is 17.5 Å². The van der Waals surface area contributed by atoms with Gasteiger partial charge in [0.2, 0.25) is 0 Å². The normalized spacial score (nSPS) is 15.5. The largest absolute Gasteiger partial charge is 0.393 e. The summed E-state index contributed by atoms with van der Waals surface area (Å²) in [6.45, 7) is 4.81. The van der Waals surface area contributed by atoms with Crippen molar-refractivity contribution >= 4 is 39.9 Å². The van der Waals surface area contributed by atoms with Crippen molar-refractivity contribution in [3.8, 4) is 11.3 Å². The van der Waals surface area contributed by atoms with Gasteiger partial charge < -0.3 is 25.7 Å². The Morgan fingerprint density at radius 1 is 1.25 bits per heavy atom. The number of fused-ring (bicyclic) bond motifs is 1. The lowest BCUT2D eigenvalue weighted by Crippen LogP contribution is -2.36. The standard InChI is InChI=1S/C23H27N7O2/c1-13(14(2)24)21(25)23(32)28-17-9-16-10-19(29-22(16)27-12-17)15-3-6-26-20(11-15)30-7-4-18(31)5-8-30/h3,6,9-13,18,24-25,31H,4-5,7-8H2,1-2H3,(H,27,29)(H,28,32). The van der Waals surface area contributed by atoms with Crippen molar-refractivity contribution in [3.05, 3.63) is 36.7 Å². The number of carbonyl (C=O) groups excluding carboxylic acids is 1. The number of aliphatic hydroxyl groups is 1. The molecule has 1 unspecified atom stereocenters. The highest BCUT2D eigenvalue weighted by molar-refractivity contribution is 6.45. The number of aliphatic hydroxyl groups excluding tert-OH is 1. The molecule has 0 aromatic carbocycles. The Kier molecular flexibility index (Phi) is 6.00. The fourth-order valence-corrected chi connectivity index (χ4v) is 3.70. The van der Waals surface area contributed by atoms with E-state index < -0.39 is 11.8 Å². The molecular formula is C23H27N7O2. The van der Waals surface area contributed by atoms with E-state index in [0.717, 1.165) is 48.4 Å². The predicted molar refractivity (Wildman–Crippen MR) is 126 cm³/mol. The number of hydrogen-bond acceptors (Lipinski definition) is 7. The molecule has 4 heterocycles. The zero-order valence-electron chi connectivity index (χ0n) is 18.1. The van der Waals surface area contributed by atoms with Crippen molar-refractivity contribution in [1.82, 2.24) is 15.0 Å². The summed E-state index contributed by atoms with van der Waals surface area (Å²) in [7, 11) is 0. The third kappa shape index (κ3) is 4.52. The number of hydrogen-bond donors (Lipinski definition) is 5. The Balaban J connectivity index is 1.53. The smallest absolute Gasteiger partial charge is 0.270 e. The van der Waals surface area contributed by atoms with E-state index in [1.54, 1.807) is 26.2 Å². The van der Waals surface area contributed by atoms with Crippen LogP contribution in [0.3, 0.4) is 0 Å². The molecule has 5 N–H and O–H groups in total. The van der Waals surface area contributed by atoms with Gasteiger partial charge in [-0.25, -0.2) is 9.97 Å². The Morgan fingerprint density at radius 3 is 2.72 bits per heavy atom. The average Bonchev–Trinajstić information content (AvgIpc) is 3.22. The first-order chi connectivity index (χ1) is 15.3. The predicted octanol–water partition coefficient (Wildman–Crippen LogP) is 3.22. The van der Waals surface area contributed by atoms with Crippen LogP contribution in [-0.4, -0.2) is 56.6 Å². The topological polar surface area (TPSA) is 142 Å². The average molecular weight is 434 g/mol. The van der Waals surface area contributed by atoms with Crippen LogP contribution in [0.2, 0.25) is 0 Å². The molecule has 1 atom stereocenters. The number of rotatable bonds is 6. The van der Waals surface area contributed by atoms with Crippen LogP contribution in [0.4, 0.5) is 11.5 Å². The molecule has 9 heteroatoms. The molecule has 0 saturated carbocycles. The van der Waals surface area contributed by atoms with Crippen LogP contribution >= 0.6 is 0 Å². The van der Waals surface area contributed by atoms with Gasteiger partial charge in [-0.1, -0.05) is 6.92 Å². The Morgan fingerprint density at radius 2 is 2.00 bits per heavy atom. The van der Waals surface area contributed by atoms with Crippen LogP contribution in [0.15, 0.2) is 36.7 Å². The van der Waals surface area contributed by atoms with Gasteiger partial charge in [0.25, 0.3) is 5.91 Å². The number of carbonyl (C=O) groups is 1. The molecule has 0 spiro atoms. The zero-order valence-corrected chi connectivity index (χ0v) is 18.1. The Hall–Kier alpha value is -3.59. The Bertz CT molecular complexity index is 1180. The van der Waals surface area contributed by atoms with Crippen LogP contribution in [-0.2, 0) is 4.79 Å². The van der Waals surface area contributed by atoms with Gasteiger partial charge >= 0.3 is 0 Å². The number of pyridine rings is 2. The van der Waals surface area contributed by atoms with Crippen molar-refractivity contribution < 1.29 is 9.90 Å². The van der Waals surface area contributed by atoms with Crippen molar-refractivity contribution in [2.75, 3.05) is 23.3 Å². The summed E-state index contributed by atoms with van der Waals surface area (Å²) in [6, 6.07) is 7.72. The van der Waals surface area contributed by atoms with Gasteiger partial charge in [-0.05, 0) is 44.0 Å². The van der Waals surface area contributed by atoms with Gasteiger partial charge in [-0.3, -0.25) is 10.2 Å². The van der Waals surface area contributed by atoms with E-state index in [1.165, 1.54) is 0 Å². The number of aromatic amines is 1. The van der Waals surface area contributed by atoms with E-state index in [9.17, 15) is 9.90 Å². The van der Waals surface area contributed by atoms with Crippen molar-refractivity contribution in [2.24, 2.45) is 5.92 Å². The fourth-order valence-electron chi connectivity index (χ4n) is 3.70. The first-order valence-corrected chi connectivity index (χ1v) is 10.6. The molecule has 1 amide bonds. The summed E-state index contributed by atoms with van der Waals surface area (Å²) in [5.41, 5.74) is 3.17. The number of piperidine rings is 1. The quantitative estimate of drug-likeness (QED) is 0.379. The summed E-state index contributed by atoms with van der Waals surface area (Å²) < 4.78 is 0. The first kappa shape index (κ1) is 21.6. The van der Waals surface area contributed by atoms with Crippen LogP contribution in [0.25, 0.3) is 22.3 Å². The number of H-pyrrole nitrogens is 1. The van der Waals surface area contributed by atoms with Crippen LogP contribution in [0.1, 0.15) is 26.7 Å². The number of anilines is 2. The lowest BCUT2D eigenvalue weighted by Gasteiger charge is -2.30. The fraction of sp³-hybridized carbons (Fsp3) is 0.348. The SMILES string of the molecule is CC(=N)C(C)C(=N)C(=O)Nc1cnc2[nH]c(-c3ccnc(N4CCC(O)CC4)c3)cc2c1. The lowest BCUT2D eigenvalue weighted by molar-refractivity contribution is -0.110. The minimum absolute atomic E-state index is 0.151. The second kappa shape index (κ2) is 8.88. The highest BCUT2D eigenvalue weighted by Gasteiger charge is 2.20. The number of nitrogens with zero attached hydrogens (tertiary/aromatic N) is 3. The molecule has 1 saturated heterocycles. The Labute approximate surface area is 185 Å². The third-order valence-electron chi connectivity index (χ3n) is 5.90. The highest BCUT2D eigenvalue weighted by Crippen LogP contribution is 2.28. The minimum atomic E-state index is -0.536. The molecule has 1 fully saturated rings. The van der Waals surface area contributed by atoms with Crippen LogP contribution in [0, 0.1) is 16.7 Å². The third-order valence-corrected chi connectivity index (χ3v) is 5.90. The zero-order chi connectivity index (χ0) is 22.8. The summed E-state index contributed by atoms with van der Waals surface area (Å²) in [6.07, 6.45) is 4.58. The van der Waals surface area contributed by atoms with Gasteiger partial charge in [-0.2, -0.15) is 0 Å². The molecule has 0 aliphatic carbocycles. The molecule has 3 aromatic rings. The van der Waals surface area contributed by atoms with Gasteiger partial charge in [0, 0.05) is 47.6 Å². The molecular weight excluding hydrogens is 406 g/mol. The minimum Gasteiger partial charge on any atom is -0.393 e. The van der Waals surface area contributed by atoms with E-state index in [2.05, 4.69) is 25.2 Å². The lowest BCUT2D eigenvalue weighted by atomic mass is 10.0. The maximum atomic E-state index is 12.3. The van der Waals surface area contributed by atoms with Gasteiger partial charge in [0.15, 0.2) is 0 Å². The van der Waals surface area contributed by atoms with Crippen LogP contribution < -0.4 is 10.2 Å². The monoisotopic (exact) mass is 433 g/mol. The molecule has 1 aliphatic rings. The van der Waals surface area contributed by atoms with E-state index in [4.69, 9.17) is 10.8 Å². The molecule has 3 aromatic heterocycles. The summed E-state index contributed by atoms with van der Waals surface area (Å²) in [5, 5.41) is 28.9. The van der Waals surface area contributed by atoms with E-state index >= 15 is 0 Å². The second-order valence-corrected chi connectivity index (χ2v) is 8.24. The number of aromatic nitrogens is 3. The molecule has 1 aliphatic heterocycles. The highest BCUT2D eigenvalue weighted by atomic mass is 16.3. The van der Waals surface area contributed by atoms with Gasteiger partial charge in [0.05, 0.1) is 18.0 Å². The van der Waals surface area contributed by atoms with Crippen molar-refractivity contribution in [3.63, 3.8) is 0 Å². The summed E-state index contributed by atoms with van der Waals surface area (Å²) in [4.78, 5) is 26.7. The van der Waals surface area contributed by atoms with Crippen LogP contribution in [0.5, 0.6) is 0 Å². The van der Waals surface area contributed by atoms with Crippen molar-refractivity contribution in [1.29, 1.82) is 10.8 Å². The van der Waals surface area contributed by atoms with Gasteiger partial charge in [-0.15, -0.1) is 0 Å². The first-order valence-electron chi connectivity index (χ1n) is 10.6. The van der Waals surface area contributed by atoms with E-state index in [0.29, 0.717) is 11.3 Å². The molecule has 0 bridgehead atoms. The maximum Gasteiger partial charge on any atom is 0.270 e. The van der Waals surface area contributed by atoms with Gasteiger partial charge in [0.1, 0.15) is 17.2 Å². The number of amides is 1. The summed E-state index contributed by atoms with van der Waals surface area (Å²) in [5.74, 6) is -0.191. The maximum absolute atomic E-state index is 12.3. The second-order valence-electron chi connectivity index (χ2n) is 8.24. The molecule has 0 radical (unpaired) electrons. The number of nitrogens with one attached hydrogen (secondary N) is 4. The van der Waals surface area contributed by atoms with E-state index in [1.807, 2.05) is 24.3 Å². The molecule has 9 nitrogen and oxygen atoms in total. The summed E-state index contributed by atoms with van der Waals surface area (Å²) >= 11 is 0.